The van der Waals surface area contributed by atoms with Gasteiger partial charge in [-0.25, -0.2) is 0 Å². The van der Waals surface area contributed by atoms with Gasteiger partial charge >= 0.3 is 0 Å². The van der Waals surface area contributed by atoms with Crippen LogP contribution in [0.1, 0.15) is 19.3 Å². The number of hydrogen-bond donors (Lipinski definition) is 1. The van der Waals surface area contributed by atoms with E-state index in [-0.39, 0.29) is 0 Å². The highest BCUT2D eigenvalue weighted by molar-refractivity contribution is 9.10. The third kappa shape index (κ3) is 1.36. The molecule has 0 aromatic carbocycles. The van der Waals surface area contributed by atoms with Crippen LogP contribution in [-0.4, -0.2) is 20.8 Å². The highest BCUT2D eigenvalue weighted by Gasteiger charge is 2.44. The molecule has 1 fully saturated rings. The number of halogens is 2. The van der Waals surface area contributed by atoms with Crippen molar-refractivity contribution in [1.29, 1.82) is 0 Å². The third-order valence-corrected chi connectivity index (χ3v) is 3.32. The zero-order valence-electron chi connectivity index (χ0n) is 5.31. The molecular formula is C6H8BrClO2. The molecule has 1 saturated carbocycles. The van der Waals surface area contributed by atoms with Crippen molar-refractivity contribution in [2.24, 2.45) is 0 Å². The molecule has 1 atom stereocenters. The number of carbonyl (C=O) groups excluding carboxylic acids is 1. The molecule has 1 aliphatic carbocycles. The van der Waals surface area contributed by atoms with Gasteiger partial charge in [0.2, 0.25) is 0 Å². The van der Waals surface area contributed by atoms with Crippen LogP contribution in [0.5, 0.6) is 0 Å². The number of aliphatic hydroxyl groups excluding tert-OH is 1. The minimum atomic E-state index is -1.04. The molecule has 10 heavy (non-hydrogen) atoms. The fraction of sp³-hybridized carbons (Fsp3) is 0.833. The minimum absolute atomic E-state index is 0.411. The molecule has 0 heterocycles. The molecule has 4 heteroatoms. The molecule has 2 nitrogen and oxygen atoms in total. The predicted molar refractivity (Wildman–Crippen MR) is 42.4 cm³/mol. The highest BCUT2D eigenvalue weighted by Crippen LogP contribution is 2.43. The van der Waals surface area contributed by atoms with E-state index in [0.717, 1.165) is 19.3 Å². The molecule has 0 aromatic rings. The van der Waals surface area contributed by atoms with Crippen LogP contribution in [0, 0.1) is 0 Å². The summed E-state index contributed by atoms with van der Waals surface area (Å²) in [7, 11) is 0. The van der Waals surface area contributed by atoms with Crippen molar-refractivity contribution in [1.82, 2.24) is 0 Å². The molecular weight excluding hydrogens is 219 g/mol. The summed E-state index contributed by atoms with van der Waals surface area (Å²) in [5.41, 5.74) is 0. The highest BCUT2D eigenvalue weighted by atomic mass is 79.9. The Morgan fingerprint density at radius 2 is 2.20 bits per heavy atom. The maximum absolute atomic E-state index is 10.5. The van der Waals surface area contributed by atoms with E-state index in [4.69, 9.17) is 11.6 Å². The van der Waals surface area contributed by atoms with E-state index in [9.17, 15) is 9.90 Å². The summed E-state index contributed by atoms with van der Waals surface area (Å²) in [6, 6.07) is 0. The van der Waals surface area contributed by atoms with Crippen LogP contribution in [0.3, 0.4) is 0 Å². The lowest BCUT2D eigenvalue weighted by atomic mass is 9.81. The summed E-state index contributed by atoms with van der Waals surface area (Å²) >= 11 is 8.38. The van der Waals surface area contributed by atoms with Gasteiger partial charge in [0.25, 0.3) is 5.24 Å². The molecule has 0 spiro atoms. The Morgan fingerprint density at radius 3 is 2.30 bits per heavy atom. The molecule has 0 saturated heterocycles. The normalized spacial score (nSPS) is 25.1. The van der Waals surface area contributed by atoms with Crippen LogP contribution in [-0.2, 0) is 4.79 Å². The predicted octanol–water partition coefficient (Wildman–Crippen LogP) is 1.43. The zero-order chi connectivity index (χ0) is 7.78. The van der Waals surface area contributed by atoms with Crippen LogP contribution >= 0.6 is 27.5 Å². The smallest absolute Gasteiger partial charge is 0.251 e. The van der Waals surface area contributed by atoms with Crippen molar-refractivity contribution >= 4 is 32.8 Å². The second-order valence-corrected chi connectivity index (χ2v) is 4.55. The number of hydrogen-bond acceptors (Lipinski definition) is 2. The lowest BCUT2D eigenvalue weighted by molar-refractivity contribution is -0.121. The topological polar surface area (TPSA) is 37.3 Å². The van der Waals surface area contributed by atoms with Crippen molar-refractivity contribution in [2.45, 2.75) is 29.7 Å². The van der Waals surface area contributed by atoms with Gasteiger partial charge in [0.05, 0.1) is 4.32 Å². The molecule has 1 rings (SSSR count). The summed E-state index contributed by atoms with van der Waals surface area (Å²) < 4.78 is -0.411. The maximum Gasteiger partial charge on any atom is 0.251 e. The fourth-order valence-electron chi connectivity index (χ4n) is 0.991. The van der Waals surface area contributed by atoms with Crippen LogP contribution < -0.4 is 0 Å². The van der Waals surface area contributed by atoms with Gasteiger partial charge in [-0.3, -0.25) is 4.79 Å². The molecule has 0 amide bonds. The van der Waals surface area contributed by atoms with Gasteiger partial charge in [-0.1, -0.05) is 22.4 Å². The summed E-state index contributed by atoms with van der Waals surface area (Å²) in [5.74, 6) is 0. The quantitative estimate of drug-likeness (QED) is 0.572. The zero-order valence-corrected chi connectivity index (χ0v) is 7.65. The van der Waals surface area contributed by atoms with E-state index in [1.165, 1.54) is 0 Å². The summed E-state index contributed by atoms with van der Waals surface area (Å²) in [4.78, 5) is 10.5. The molecule has 0 radical (unpaired) electrons. The van der Waals surface area contributed by atoms with Crippen LogP contribution in [0.15, 0.2) is 0 Å². The molecule has 0 aromatic heterocycles. The van der Waals surface area contributed by atoms with Gasteiger partial charge < -0.3 is 5.11 Å². The molecule has 1 aliphatic rings. The van der Waals surface area contributed by atoms with E-state index in [1.807, 2.05) is 0 Å². The van der Waals surface area contributed by atoms with Crippen LogP contribution in [0.2, 0.25) is 0 Å². The van der Waals surface area contributed by atoms with E-state index in [0.29, 0.717) is 0 Å². The largest absolute Gasteiger partial charge is 0.382 e. The van der Waals surface area contributed by atoms with Gasteiger partial charge in [0, 0.05) is 0 Å². The van der Waals surface area contributed by atoms with E-state index in [1.54, 1.807) is 0 Å². The summed E-state index contributed by atoms with van der Waals surface area (Å²) in [6.07, 6.45) is 1.66. The first-order valence-electron chi connectivity index (χ1n) is 3.12. The van der Waals surface area contributed by atoms with Gasteiger partial charge in [-0.2, -0.15) is 0 Å². The Labute approximate surface area is 72.7 Å². The van der Waals surface area contributed by atoms with Crippen molar-refractivity contribution in [3.63, 3.8) is 0 Å². The lowest BCUT2D eigenvalue weighted by Gasteiger charge is -2.38. The fourth-order valence-corrected chi connectivity index (χ4v) is 2.10. The Hall–Kier alpha value is 0.400. The molecule has 0 aliphatic heterocycles. The Balaban J connectivity index is 2.54. The molecule has 0 bridgehead atoms. The van der Waals surface area contributed by atoms with Gasteiger partial charge in [-0.15, -0.1) is 0 Å². The van der Waals surface area contributed by atoms with E-state index in [2.05, 4.69) is 15.9 Å². The van der Waals surface area contributed by atoms with E-state index >= 15 is 0 Å². The Kier molecular flexibility index (Phi) is 2.38. The van der Waals surface area contributed by atoms with Crippen LogP contribution in [0.4, 0.5) is 0 Å². The van der Waals surface area contributed by atoms with Crippen molar-refractivity contribution in [3.05, 3.63) is 0 Å². The third-order valence-electron chi connectivity index (χ3n) is 1.89. The van der Waals surface area contributed by atoms with E-state index < -0.39 is 15.7 Å². The molecule has 1 unspecified atom stereocenters. The molecule has 58 valence electrons. The van der Waals surface area contributed by atoms with Crippen LogP contribution in [0.25, 0.3) is 0 Å². The van der Waals surface area contributed by atoms with Crippen molar-refractivity contribution in [2.75, 3.05) is 0 Å². The first-order valence-corrected chi connectivity index (χ1v) is 4.30. The lowest BCUT2D eigenvalue weighted by Crippen LogP contribution is -2.45. The second-order valence-electron chi connectivity index (χ2n) is 2.59. The Morgan fingerprint density at radius 1 is 1.70 bits per heavy atom. The monoisotopic (exact) mass is 226 g/mol. The SMILES string of the molecule is O=C(Cl)C(O)C1(Br)CCC1. The van der Waals surface area contributed by atoms with Gasteiger partial charge in [-0.05, 0) is 24.4 Å². The number of alkyl halides is 1. The van der Waals surface area contributed by atoms with Crippen molar-refractivity contribution in [3.8, 4) is 0 Å². The number of carbonyl (C=O) groups is 1. The number of rotatable bonds is 2. The number of aliphatic hydroxyl groups is 1. The van der Waals surface area contributed by atoms with Gasteiger partial charge in [0.1, 0.15) is 6.10 Å². The standard InChI is InChI=1S/C6H8BrClO2/c7-6(2-1-3-6)4(9)5(8)10/h4,9H,1-3H2. The van der Waals surface area contributed by atoms with Crippen molar-refractivity contribution < 1.29 is 9.90 Å². The average Bonchev–Trinajstić information content (AvgIpc) is 1.81. The average molecular weight is 227 g/mol. The summed E-state index contributed by atoms with van der Waals surface area (Å²) in [5, 5.41) is 8.51. The molecule has 1 N–H and O–H groups in total. The Bertz CT molecular complexity index is 156. The minimum Gasteiger partial charge on any atom is -0.382 e. The summed E-state index contributed by atoms with van der Waals surface area (Å²) in [6.45, 7) is 0. The van der Waals surface area contributed by atoms with Gasteiger partial charge in [0.15, 0.2) is 0 Å². The first kappa shape index (κ1) is 8.50. The second kappa shape index (κ2) is 2.80. The maximum atomic E-state index is 10.5. The first-order chi connectivity index (χ1) is 4.56.